The van der Waals surface area contributed by atoms with Gasteiger partial charge in [-0.05, 0) is 111 Å². The Morgan fingerprint density at radius 3 is 2.35 bits per heavy atom. The fourth-order valence-electron chi connectivity index (χ4n) is 10.7. The molecular weight excluding hydrogens is 462 g/mol. The minimum atomic E-state index is -0.489. The molecule has 5 heteroatoms. The van der Waals surface area contributed by atoms with Crippen molar-refractivity contribution in [1.29, 1.82) is 0 Å². The first-order valence-corrected chi connectivity index (χ1v) is 14.8. The predicted molar refractivity (Wildman–Crippen MR) is 145 cm³/mol. The topological polar surface area (TPSA) is 76.0 Å². The number of hydrogen-bond donors (Lipinski definition) is 1. The van der Waals surface area contributed by atoms with Crippen LogP contribution in [-0.4, -0.2) is 29.3 Å². The van der Waals surface area contributed by atoms with E-state index in [0.29, 0.717) is 18.3 Å². The van der Waals surface area contributed by atoms with Crippen molar-refractivity contribution in [3.05, 3.63) is 11.6 Å². The summed E-state index contributed by atoms with van der Waals surface area (Å²) in [5.41, 5.74) is 1.32. The molecule has 3 unspecified atom stereocenters. The number of carbonyl (C=O) groups excluding carboxylic acids is 2. The Balaban J connectivity index is 1.59. The predicted octanol–water partition coefficient (Wildman–Crippen LogP) is 7.36. The van der Waals surface area contributed by atoms with Gasteiger partial charge in [-0.2, -0.15) is 0 Å². The van der Waals surface area contributed by atoms with Gasteiger partial charge in [0.2, 0.25) is 0 Å². The van der Waals surface area contributed by atoms with Crippen LogP contribution in [0.4, 0.5) is 0 Å². The minimum absolute atomic E-state index is 0.0311. The molecule has 0 aromatic heterocycles. The zero-order chi connectivity index (χ0) is 27.2. The minimum Gasteiger partial charge on any atom is -0.466 e. The first-order valence-electron chi connectivity index (χ1n) is 14.8. The summed E-state index contributed by atoms with van der Waals surface area (Å²) < 4.78 is 5.54. The van der Waals surface area contributed by atoms with Crippen LogP contribution in [0.5, 0.6) is 0 Å². The zero-order valence-electron chi connectivity index (χ0n) is 24.5. The summed E-state index contributed by atoms with van der Waals surface area (Å²) in [6.07, 6.45) is 10.7. The van der Waals surface area contributed by atoms with Crippen molar-refractivity contribution < 1.29 is 19.5 Å². The highest BCUT2D eigenvalue weighted by Crippen LogP contribution is 2.74. The van der Waals surface area contributed by atoms with E-state index in [-0.39, 0.29) is 44.9 Å². The summed E-state index contributed by atoms with van der Waals surface area (Å²) in [6.45, 7) is 18.4. The lowest BCUT2D eigenvalue weighted by Crippen LogP contribution is -2.66. The number of ketones is 1. The van der Waals surface area contributed by atoms with Crippen LogP contribution in [0.1, 0.15) is 113 Å². The summed E-state index contributed by atoms with van der Waals surface area (Å²) in [5.74, 6) is 0.745. The summed E-state index contributed by atoms with van der Waals surface area (Å²) in [6, 6.07) is 0. The molecule has 4 fully saturated rings. The first kappa shape index (κ1) is 26.9. The second-order valence-corrected chi connectivity index (χ2v) is 15.2. The fourth-order valence-corrected chi connectivity index (χ4v) is 10.7. The van der Waals surface area contributed by atoms with Crippen LogP contribution in [0.2, 0.25) is 0 Å². The molecule has 0 aliphatic heterocycles. The van der Waals surface area contributed by atoms with E-state index < -0.39 is 5.41 Å². The van der Waals surface area contributed by atoms with Gasteiger partial charge in [0.1, 0.15) is 0 Å². The van der Waals surface area contributed by atoms with Crippen LogP contribution in [0.15, 0.2) is 16.8 Å². The SMILES string of the molecule is CCOC(=O)[C@@]1(C)CC[C@]2(C)CC[C@]3(C)C(=CC(=O)C4[C@@]5(C)CC/C(=N/O)C(C)(C)C5CC[C@]43C)C2C1. The molecule has 37 heavy (non-hydrogen) atoms. The third-order valence-electron chi connectivity index (χ3n) is 13.2. The van der Waals surface area contributed by atoms with Crippen molar-refractivity contribution in [2.45, 2.75) is 113 Å². The number of esters is 1. The smallest absolute Gasteiger partial charge is 0.311 e. The van der Waals surface area contributed by atoms with Crippen LogP contribution in [0.3, 0.4) is 0 Å². The van der Waals surface area contributed by atoms with Crippen LogP contribution >= 0.6 is 0 Å². The van der Waals surface area contributed by atoms with Gasteiger partial charge in [0.15, 0.2) is 5.78 Å². The van der Waals surface area contributed by atoms with Crippen LogP contribution in [-0.2, 0) is 14.3 Å². The number of ether oxygens (including phenoxy) is 1. The first-order chi connectivity index (χ1) is 17.1. The number of fused-ring (bicyclic) bond motifs is 7. The number of rotatable bonds is 2. The van der Waals surface area contributed by atoms with Gasteiger partial charge in [0, 0.05) is 11.3 Å². The van der Waals surface area contributed by atoms with E-state index in [1.165, 1.54) is 5.57 Å². The van der Waals surface area contributed by atoms with Crippen molar-refractivity contribution in [2.24, 2.45) is 55.4 Å². The second kappa shape index (κ2) is 8.18. The summed E-state index contributed by atoms with van der Waals surface area (Å²) >= 11 is 0. The van der Waals surface area contributed by atoms with Crippen LogP contribution in [0.25, 0.3) is 0 Å². The van der Waals surface area contributed by atoms with Crippen molar-refractivity contribution in [1.82, 2.24) is 0 Å². The summed E-state index contributed by atoms with van der Waals surface area (Å²) in [7, 11) is 0. The zero-order valence-corrected chi connectivity index (χ0v) is 24.5. The standard InChI is InChI=1S/C32H49NO4/c1-9-37-26(35)29(5)15-14-28(4)16-17-31(7)20(21(28)19-29)18-22(34)25-30(6)12-11-24(33-36)27(2,3)23(30)10-13-32(25,31)8/h18,21,23,25,36H,9-17,19H2,1-8H3/b33-24-/t21?,23?,25?,28-,29+,30+,31-,32-/m1/s1. The third-order valence-corrected chi connectivity index (χ3v) is 13.2. The van der Waals surface area contributed by atoms with E-state index in [0.717, 1.165) is 63.5 Å². The van der Waals surface area contributed by atoms with Crippen molar-refractivity contribution in [2.75, 3.05) is 6.61 Å². The Morgan fingerprint density at radius 1 is 1.03 bits per heavy atom. The normalized spacial score (nSPS) is 49.7. The molecule has 5 aliphatic carbocycles. The molecule has 4 saturated carbocycles. The van der Waals surface area contributed by atoms with E-state index in [9.17, 15) is 14.8 Å². The number of hydrogen-bond acceptors (Lipinski definition) is 5. The monoisotopic (exact) mass is 511 g/mol. The molecule has 0 spiro atoms. The number of carbonyl (C=O) groups is 2. The molecule has 0 bridgehead atoms. The molecule has 8 atom stereocenters. The molecule has 5 nitrogen and oxygen atoms in total. The Bertz CT molecular complexity index is 1070. The fraction of sp³-hybridized carbons (Fsp3) is 0.844. The molecule has 5 rings (SSSR count). The van der Waals surface area contributed by atoms with Gasteiger partial charge in [-0.1, -0.05) is 52.3 Å². The Morgan fingerprint density at radius 2 is 1.70 bits per heavy atom. The number of allylic oxidation sites excluding steroid dienone is 2. The van der Waals surface area contributed by atoms with Crippen molar-refractivity contribution in [3.63, 3.8) is 0 Å². The van der Waals surface area contributed by atoms with Crippen molar-refractivity contribution >= 4 is 17.5 Å². The van der Waals surface area contributed by atoms with Crippen LogP contribution < -0.4 is 0 Å². The number of oxime groups is 1. The Hall–Kier alpha value is -1.65. The Kier molecular flexibility index (Phi) is 5.95. The number of nitrogens with zero attached hydrogens (tertiary/aromatic N) is 1. The summed E-state index contributed by atoms with van der Waals surface area (Å²) in [5, 5.41) is 13.5. The molecular formula is C32H49NO4. The maximum absolute atomic E-state index is 14.4. The average molecular weight is 512 g/mol. The molecule has 206 valence electrons. The maximum atomic E-state index is 14.4. The van der Waals surface area contributed by atoms with Gasteiger partial charge < -0.3 is 9.94 Å². The molecule has 0 saturated heterocycles. The lowest BCUT2D eigenvalue weighted by Gasteiger charge is -2.70. The van der Waals surface area contributed by atoms with Gasteiger partial charge in [-0.3, -0.25) is 9.59 Å². The average Bonchev–Trinajstić information content (AvgIpc) is 2.81. The summed E-state index contributed by atoms with van der Waals surface area (Å²) in [4.78, 5) is 27.5. The molecule has 5 aliphatic rings. The van der Waals surface area contributed by atoms with Gasteiger partial charge >= 0.3 is 5.97 Å². The highest BCUT2D eigenvalue weighted by Gasteiger charge is 2.70. The lowest BCUT2D eigenvalue weighted by molar-refractivity contribution is -0.177. The van der Waals surface area contributed by atoms with E-state index in [1.54, 1.807) is 0 Å². The molecule has 1 N–H and O–H groups in total. The molecule has 0 amide bonds. The van der Waals surface area contributed by atoms with Gasteiger partial charge in [0.05, 0.1) is 17.7 Å². The molecule has 0 aromatic carbocycles. The second-order valence-electron chi connectivity index (χ2n) is 15.2. The Labute approximate surface area is 223 Å². The molecule has 0 heterocycles. The lowest BCUT2D eigenvalue weighted by atomic mass is 9.33. The van der Waals surface area contributed by atoms with E-state index in [2.05, 4.69) is 59.7 Å². The van der Waals surface area contributed by atoms with E-state index in [4.69, 9.17) is 4.74 Å². The van der Waals surface area contributed by atoms with Gasteiger partial charge in [0.25, 0.3) is 0 Å². The maximum Gasteiger partial charge on any atom is 0.311 e. The van der Waals surface area contributed by atoms with E-state index in [1.807, 2.05) is 6.92 Å². The molecule has 0 radical (unpaired) electrons. The van der Waals surface area contributed by atoms with E-state index >= 15 is 0 Å². The largest absolute Gasteiger partial charge is 0.466 e. The quantitative estimate of drug-likeness (QED) is 0.239. The highest BCUT2D eigenvalue weighted by atomic mass is 16.5. The third kappa shape index (κ3) is 3.37. The van der Waals surface area contributed by atoms with Gasteiger partial charge in [-0.25, -0.2) is 0 Å². The molecule has 0 aromatic rings. The van der Waals surface area contributed by atoms with Gasteiger partial charge in [-0.15, -0.1) is 0 Å². The highest BCUT2D eigenvalue weighted by molar-refractivity contribution is 5.97. The van der Waals surface area contributed by atoms with Crippen molar-refractivity contribution in [3.8, 4) is 0 Å². The van der Waals surface area contributed by atoms with Crippen LogP contribution in [0, 0.1) is 50.2 Å².